The summed E-state index contributed by atoms with van der Waals surface area (Å²) in [7, 11) is 2.18. The van der Waals surface area contributed by atoms with E-state index in [2.05, 4.69) is 31.5 Å². The Morgan fingerprint density at radius 3 is 2.44 bits per heavy atom. The molecule has 2 heteroatoms. The summed E-state index contributed by atoms with van der Waals surface area (Å²) in [5.74, 6) is 2.73. The van der Waals surface area contributed by atoms with Gasteiger partial charge in [0, 0.05) is 13.1 Å². The second-order valence-electron chi connectivity index (χ2n) is 3.14. The van der Waals surface area contributed by atoms with Crippen LogP contribution in [0.5, 0.6) is 0 Å². The zero-order valence-electron chi connectivity index (χ0n) is 6.17. The molecule has 0 saturated carbocycles. The van der Waals surface area contributed by atoms with Crippen molar-refractivity contribution in [1.29, 1.82) is 0 Å². The molecule has 0 aliphatic carbocycles. The van der Waals surface area contributed by atoms with Crippen LogP contribution >= 0.6 is 12.6 Å². The fraction of sp³-hybridized carbons (Fsp3) is 1.00. The highest BCUT2D eigenvalue weighted by atomic mass is 32.1. The molecule has 1 nitrogen and oxygen atoms in total. The summed E-state index contributed by atoms with van der Waals surface area (Å²) in [6.07, 6.45) is 0. The van der Waals surface area contributed by atoms with Gasteiger partial charge < -0.3 is 4.90 Å². The van der Waals surface area contributed by atoms with Crippen LogP contribution in [0.3, 0.4) is 0 Å². The molecule has 2 atom stereocenters. The fourth-order valence-electron chi connectivity index (χ4n) is 1.53. The van der Waals surface area contributed by atoms with E-state index in [9.17, 15) is 0 Å². The van der Waals surface area contributed by atoms with E-state index >= 15 is 0 Å². The van der Waals surface area contributed by atoms with Gasteiger partial charge in [-0.05, 0) is 24.6 Å². The maximum absolute atomic E-state index is 4.29. The smallest absolute Gasteiger partial charge is 0.00176 e. The lowest BCUT2D eigenvalue weighted by Gasteiger charge is -2.08. The number of hydrogen-bond donors (Lipinski definition) is 1. The second kappa shape index (κ2) is 2.93. The number of thiol groups is 1. The molecule has 1 fully saturated rings. The van der Waals surface area contributed by atoms with Crippen molar-refractivity contribution in [3.05, 3.63) is 0 Å². The van der Waals surface area contributed by atoms with Crippen LogP contribution in [0.25, 0.3) is 0 Å². The molecule has 1 rings (SSSR count). The van der Waals surface area contributed by atoms with Crippen molar-refractivity contribution in [1.82, 2.24) is 4.90 Å². The zero-order valence-corrected chi connectivity index (χ0v) is 7.06. The van der Waals surface area contributed by atoms with Crippen molar-refractivity contribution in [3.63, 3.8) is 0 Å². The molecule has 2 unspecified atom stereocenters. The molecule has 9 heavy (non-hydrogen) atoms. The Bertz CT molecular complexity index is 94.9. The highest BCUT2D eigenvalue weighted by Gasteiger charge is 2.25. The van der Waals surface area contributed by atoms with E-state index < -0.39 is 0 Å². The third-order valence-electron chi connectivity index (χ3n) is 2.19. The minimum atomic E-state index is 0.832. The molecule has 0 N–H and O–H groups in total. The molecular weight excluding hydrogens is 130 g/mol. The minimum absolute atomic E-state index is 0.832. The van der Waals surface area contributed by atoms with Gasteiger partial charge in [0.2, 0.25) is 0 Å². The topological polar surface area (TPSA) is 3.24 Å². The number of nitrogens with zero attached hydrogens (tertiary/aromatic N) is 1. The number of rotatable bonds is 1. The Kier molecular flexibility index (Phi) is 2.42. The van der Waals surface area contributed by atoms with E-state index in [-0.39, 0.29) is 0 Å². The normalized spacial score (nSPS) is 37.7. The molecule has 0 aromatic heterocycles. The van der Waals surface area contributed by atoms with Crippen LogP contribution in [0.2, 0.25) is 0 Å². The number of likely N-dealkylation sites (tertiary alicyclic amines) is 1. The molecule has 54 valence electrons. The molecule has 1 aliphatic rings. The van der Waals surface area contributed by atoms with E-state index in [0.29, 0.717) is 0 Å². The van der Waals surface area contributed by atoms with E-state index in [1.807, 2.05) is 0 Å². The van der Waals surface area contributed by atoms with Crippen LogP contribution in [-0.2, 0) is 0 Å². The van der Waals surface area contributed by atoms with E-state index in [1.54, 1.807) is 0 Å². The van der Waals surface area contributed by atoms with E-state index in [0.717, 1.165) is 17.6 Å². The SMILES string of the molecule is CC1CN(C)CC1CS. The maximum Gasteiger partial charge on any atom is 0.00176 e. The lowest BCUT2D eigenvalue weighted by atomic mass is 10.0. The van der Waals surface area contributed by atoms with Gasteiger partial charge in [-0.25, -0.2) is 0 Å². The first-order valence-corrected chi connectivity index (χ1v) is 4.16. The molecule has 0 aromatic carbocycles. The first-order chi connectivity index (χ1) is 4.24. The summed E-state index contributed by atoms with van der Waals surface area (Å²) >= 11 is 4.29. The van der Waals surface area contributed by atoms with Crippen molar-refractivity contribution in [3.8, 4) is 0 Å². The van der Waals surface area contributed by atoms with Crippen LogP contribution in [0, 0.1) is 11.8 Å². The predicted molar refractivity (Wildman–Crippen MR) is 44.0 cm³/mol. The fourth-order valence-corrected chi connectivity index (χ4v) is 2.01. The van der Waals surface area contributed by atoms with Crippen LogP contribution in [0.1, 0.15) is 6.92 Å². The maximum atomic E-state index is 4.29. The summed E-state index contributed by atoms with van der Waals surface area (Å²) in [5.41, 5.74) is 0. The molecule has 1 saturated heterocycles. The van der Waals surface area contributed by atoms with Gasteiger partial charge in [-0.3, -0.25) is 0 Å². The van der Waals surface area contributed by atoms with Crippen molar-refractivity contribution < 1.29 is 0 Å². The summed E-state index contributed by atoms with van der Waals surface area (Å²) in [6.45, 7) is 4.81. The van der Waals surface area contributed by atoms with Crippen LogP contribution < -0.4 is 0 Å². The monoisotopic (exact) mass is 145 g/mol. The average Bonchev–Trinajstić information content (AvgIpc) is 2.10. The van der Waals surface area contributed by atoms with Gasteiger partial charge in [0.05, 0.1) is 0 Å². The highest BCUT2D eigenvalue weighted by Crippen LogP contribution is 2.21. The first-order valence-electron chi connectivity index (χ1n) is 3.53. The number of hydrogen-bond acceptors (Lipinski definition) is 2. The van der Waals surface area contributed by atoms with E-state index in [4.69, 9.17) is 0 Å². The van der Waals surface area contributed by atoms with Gasteiger partial charge in [-0.1, -0.05) is 6.92 Å². The second-order valence-corrected chi connectivity index (χ2v) is 3.51. The van der Waals surface area contributed by atoms with Crippen LogP contribution in [0.4, 0.5) is 0 Å². The molecule has 0 amide bonds. The Labute approximate surface area is 62.8 Å². The summed E-state index contributed by atoms with van der Waals surface area (Å²) in [4.78, 5) is 2.38. The Morgan fingerprint density at radius 1 is 1.56 bits per heavy atom. The molecule has 0 aromatic rings. The third kappa shape index (κ3) is 1.62. The van der Waals surface area contributed by atoms with Gasteiger partial charge in [0.15, 0.2) is 0 Å². The lowest BCUT2D eigenvalue weighted by Crippen LogP contribution is -2.14. The molecule has 0 bridgehead atoms. The Morgan fingerprint density at radius 2 is 2.22 bits per heavy atom. The van der Waals surface area contributed by atoms with Gasteiger partial charge >= 0.3 is 0 Å². The van der Waals surface area contributed by atoms with Gasteiger partial charge in [0.25, 0.3) is 0 Å². The molecular formula is C7H15NS. The first kappa shape index (κ1) is 7.42. The van der Waals surface area contributed by atoms with Crippen molar-refractivity contribution >= 4 is 12.6 Å². The lowest BCUT2D eigenvalue weighted by molar-refractivity contribution is 0.398. The predicted octanol–water partition coefficient (Wildman–Crippen LogP) is 1.11. The van der Waals surface area contributed by atoms with Gasteiger partial charge in [0.1, 0.15) is 0 Å². The highest BCUT2D eigenvalue weighted by molar-refractivity contribution is 7.80. The summed E-state index contributed by atoms with van der Waals surface area (Å²) in [5, 5.41) is 0. The van der Waals surface area contributed by atoms with Crippen molar-refractivity contribution in [2.24, 2.45) is 11.8 Å². The van der Waals surface area contributed by atoms with Crippen LogP contribution in [-0.4, -0.2) is 30.8 Å². The molecule has 0 spiro atoms. The summed E-state index contributed by atoms with van der Waals surface area (Å²) < 4.78 is 0. The molecule has 0 radical (unpaired) electrons. The summed E-state index contributed by atoms with van der Waals surface area (Å²) in [6, 6.07) is 0. The third-order valence-corrected chi connectivity index (χ3v) is 2.65. The largest absolute Gasteiger partial charge is 0.306 e. The minimum Gasteiger partial charge on any atom is -0.306 e. The standard InChI is InChI=1S/C7H15NS/c1-6-3-8(2)4-7(6)5-9/h6-7,9H,3-5H2,1-2H3. The van der Waals surface area contributed by atoms with E-state index in [1.165, 1.54) is 13.1 Å². The zero-order chi connectivity index (χ0) is 6.85. The quantitative estimate of drug-likeness (QED) is 0.541. The molecule has 1 heterocycles. The Balaban J connectivity index is 2.38. The average molecular weight is 145 g/mol. The van der Waals surface area contributed by atoms with Crippen molar-refractivity contribution in [2.75, 3.05) is 25.9 Å². The Hall–Kier alpha value is 0.310. The van der Waals surface area contributed by atoms with Gasteiger partial charge in [-0.15, -0.1) is 0 Å². The van der Waals surface area contributed by atoms with Gasteiger partial charge in [-0.2, -0.15) is 12.6 Å². The molecule has 1 aliphatic heterocycles. The van der Waals surface area contributed by atoms with Crippen molar-refractivity contribution in [2.45, 2.75) is 6.92 Å². The van der Waals surface area contributed by atoms with Crippen LogP contribution in [0.15, 0.2) is 0 Å².